The number of carbonyl (C=O) groups excluding carboxylic acids is 1. The van der Waals surface area contributed by atoms with Crippen LogP contribution < -0.4 is 15.0 Å². The normalized spacial score (nSPS) is 21.2. The molecule has 3 aliphatic heterocycles. The summed E-state index contributed by atoms with van der Waals surface area (Å²) in [6.07, 6.45) is 14.5. The molecule has 11 nitrogen and oxygen atoms in total. The molecule has 6 heterocycles. The summed E-state index contributed by atoms with van der Waals surface area (Å²) in [6, 6.07) is 3.69. The van der Waals surface area contributed by atoms with Crippen molar-refractivity contribution in [2.45, 2.75) is 82.7 Å². The van der Waals surface area contributed by atoms with Gasteiger partial charge in [-0.2, -0.15) is 15.1 Å². The van der Waals surface area contributed by atoms with Gasteiger partial charge in [-0.05, 0) is 84.6 Å². The number of ether oxygens (including phenoxy) is 2. The van der Waals surface area contributed by atoms with Crippen molar-refractivity contribution >= 4 is 45.7 Å². The van der Waals surface area contributed by atoms with Gasteiger partial charge < -0.3 is 19.7 Å². The maximum Gasteiger partial charge on any atom is 0.319 e. The second-order valence-electron chi connectivity index (χ2n) is 13.5. The van der Waals surface area contributed by atoms with Crippen LogP contribution in [0.2, 0.25) is 5.02 Å². The lowest BCUT2D eigenvalue weighted by Gasteiger charge is -2.41. The van der Waals surface area contributed by atoms with E-state index in [9.17, 15) is 4.79 Å². The van der Waals surface area contributed by atoms with Crippen molar-refractivity contribution in [1.82, 2.24) is 35.4 Å². The van der Waals surface area contributed by atoms with Crippen LogP contribution in [-0.2, 0) is 9.53 Å². The minimum atomic E-state index is -0.523. The van der Waals surface area contributed by atoms with Crippen LogP contribution in [0.15, 0.2) is 24.5 Å². The van der Waals surface area contributed by atoms with Crippen LogP contribution in [0.25, 0.3) is 33.1 Å². The van der Waals surface area contributed by atoms with Gasteiger partial charge in [-0.3, -0.25) is 19.8 Å². The van der Waals surface area contributed by atoms with Crippen molar-refractivity contribution in [1.29, 1.82) is 0 Å². The highest BCUT2D eigenvalue weighted by Crippen LogP contribution is 2.40. The molecule has 1 saturated carbocycles. The minimum absolute atomic E-state index is 0.0317. The lowest BCUT2D eigenvalue weighted by Crippen LogP contribution is -2.54. The standard InChI is InChI=1S/C29H34ClFN8O.C3H6O2.C3H6/c1-28(32-2)6-3-9-38(16-28)26-21-14-33-24(19-12-18(30)13-22-20(19)15-34-37-22)23(31)25(21)35-27(36-26)40-17-29-7-4-10-39(29)11-5-8-29;1-2-5-3-4;1-2-3-1/h12-15,32H,3-11,16-17H2,1-2H3,(H,34,37);3H,2H2,1H3;1-3H2/t28-;;/m1../s1. The quantitative estimate of drug-likeness (QED) is 0.205. The van der Waals surface area contributed by atoms with Crippen molar-refractivity contribution in [2.75, 3.05) is 51.3 Å². The molecule has 0 amide bonds. The lowest BCUT2D eigenvalue weighted by atomic mass is 9.91. The zero-order chi connectivity index (χ0) is 33.7. The highest BCUT2D eigenvalue weighted by Gasteiger charge is 2.45. The molecule has 258 valence electrons. The van der Waals surface area contributed by atoms with Gasteiger partial charge in [-0.1, -0.05) is 30.9 Å². The predicted molar refractivity (Wildman–Crippen MR) is 186 cm³/mol. The van der Waals surface area contributed by atoms with Crippen LogP contribution in [0.1, 0.15) is 71.6 Å². The molecule has 0 radical (unpaired) electrons. The molecule has 48 heavy (non-hydrogen) atoms. The van der Waals surface area contributed by atoms with Gasteiger partial charge in [0.1, 0.15) is 23.6 Å². The fourth-order valence-corrected chi connectivity index (χ4v) is 7.30. The maximum atomic E-state index is 16.5. The van der Waals surface area contributed by atoms with Gasteiger partial charge in [0, 0.05) is 40.8 Å². The molecular weight excluding hydrogens is 635 g/mol. The summed E-state index contributed by atoms with van der Waals surface area (Å²) in [7, 11) is 1.99. The molecule has 0 bridgehead atoms. The van der Waals surface area contributed by atoms with Gasteiger partial charge in [0.05, 0.1) is 29.2 Å². The molecular formula is C35H46ClFN8O3. The monoisotopic (exact) mass is 680 g/mol. The molecule has 1 atom stereocenters. The Hall–Kier alpha value is -3.61. The fourth-order valence-electron chi connectivity index (χ4n) is 7.08. The number of fused-ring (bicyclic) bond motifs is 3. The summed E-state index contributed by atoms with van der Waals surface area (Å²) in [4.78, 5) is 28.1. The minimum Gasteiger partial charge on any atom is -0.468 e. The van der Waals surface area contributed by atoms with E-state index in [4.69, 9.17) is 21.3 Å². The number of anilines is 1. The first kappa shape index (κ1) is 34.3. The van der Waals surface area contributed by atoms with E-state index in [1.807, 2.05) is 7.05 Å². The summed E-state index contributed by atoms with van der Waals surface area (Å²) in [5.74, 6) is 0.136. The Balaban J connectivity index is 0.000000447. The highest BCUT2D eigenvalue weighted by molar-refractivity contribution is 6.31. The molecule has 0 unspecified atom stereocenters. The molecule has 0 spiro atoms. The number of aromatic nitrogens is 5. The molecule has 4 fully saturated rings. The van der Waals surface area contributed by atoms with E-state index in [1.54, 1.807) is 31.5 Å². The Bertz CT molecular complexity index is 1720. The van der Waals surface area contributed by atoms with E-state index < -0.39 is 5.82 Å². The Labute approximate surface area is 285 Å². The number of nitrogens with zero attached hydrogens (tertiary/aromatic N) is 6. The van der Waals surface area contributed by atoms with E-state index in [0.717, 1.165) is 57.2 Å². The number of piperidine rings is 1. The second kappa shape index (κ2) is 14.9. The number of carbonyl (C=O) groups is 1. The number of aromatic amines is 1. The fraction of sp³-hybridized carbons (Fsp3) is 0.571. The summed E-state index contributed by atoms with van der Waals surface area (Å²) < 4.78 is 27.0. The third-order valence-corrected chi connectivity index (χ3v) is 10.1. The number of pyridine rings is 1. The van der Waals surface area contributed by atoms with E-state index in [-0.39, 0.29) is 28.3 Å². The third-order valence-electron chi connectivity index (χ3n) is 9.89. The largest absolute Gasteiger partial charge is 0.468 e. The van der Waals surface area contributed by atoms with Gasteiger partial charge >= 0.3 is 6.01 Å². The number of benzene rings is 1. The number of H-pyrrole nitrogens is 1. The number of nitrogens with one attached hydrogen (secondary N) is 2. The summed E-state index contributed by atoms with van der Waals surface area (Å²) >= 11 is 6.38. The number of hydrogen-bond donors (Lipinski definition) is 2. The number of rotatable bonds is 8. The zero-order valence-electron chi connectivity index (χ0n) is 28.2. The Kier molecular flexibility index (Phi) is 10.6. The summed E-state index contributed by atoms with van der Waals surface area (Å²) in [6.45, 7) is 9.15. The van der Waals surface area contributed by atoms with Crippen LogP contribution in [0, 0.1) is 5.82 Å². The van der Waals surface area contributed by atoms with E-state index in [0.29, 0.717) is 47.0 Å². The second-order valence-corrected chi connectivity index (χ2v) is 13.9. The van der Waals surface area contributed by atoms with Gasteiger partial charge in [0.2, 0.25) is 0 Å². The van der Waals surface area contributed by atoms with E-state index in [2.05, 4.69) is 46.9 Å². The van der Waals surface area contributed by atoms with Crippen molar-refractivity contribution < 1.29 is 18.7 Å². The first-order valence-corrected chi connectivity index (χ1v) is 17.5. The zero-order valence-corrected chi connectivity index (χ0v) is 28.9. The lowest BCUT2D eigenvalue weighted by molar-refractivity contribution is -0.128. The van der Waals surface area contributed by atoms with Gasteiger partial charge in [-0.25, -0.2) is 4.39 Å². The van der Waals surface area contributed by atoms with Gasteiger partial charge in [-0.15, -0.1) is 0 Å². The predicted octanol–water partition coefficient (Wildman–Crippen LogP) is 6.30. The summed E-state index contributed by atoms with van der Waals surface area (Å²) in [5.41, 5.74) is 1.60. The SMILES string of the molecule is C1CC1.CCOC=O.CN[C@]1(C)CCCN(c2nc(OCC34CCCN3CCC4)nc3c(F)c(-c4cc(Cl)cc5[nH]ncc45)ncc23)C1. The van der Waals surface area contributed by atoms with Crippen LogP contribution in [-0.4, -0.2) is 94.0 Å². The number of likely N-dealkylation sites (N-methyl/N-ethyl adjacent to an activating group) is 1. The van der Waals surface area contributed by atoms with Crippen LogP contribution in [0.4, 0.5) is 10.2 Å². The molecule has 1 aromatic carbocycles. The molecule has 1 aliphatic carbocycles. The number of halogens is 2. The smallest absolute Gasteiger partial charge is 0.319 e. The molecule has 4 aliphatic rings. The van der Waals surface area contributed by atoms with Crippen LogP contribution in [0.3, 0.4) is 0 Å². The maximum absolute atomic E-state index is 16.5. The third kappa shape index (κ3) is 7.35. The molecule has 3 saturated heterocycles. The molecule has 4 aromatic rings. The highest BCUT2D eigenvalue weighted by atomic mass is 35.5. The van der Waals surface area contributed by atoms with Crippen molar-refractivity contribution in [3.8, 4) is 17.3 Å². The molecule has 8 rings (SSSR count). The Morgan fingerprint density at radius 3 is 2.46 bits per heavy atom. The summed E-state index contributed by atoms with van der Waals surface area (Å²) in [5, 5.41) is 12.3. The Morgan fingerprint density at radius 2 is 1.79 bits per heavy atom. The number of hydrogen-bond acceptors (Lipinski definition) is 10. The van der Waals surface area contributed by atoms with Crippen LogP contribution in [0.5, 0.6) is 6.01 Å². The van der Waals surface area contributed by atoms with Crippen molar-refractivity contribution in [2.24, 2.45) is 0 Å². The first-order chi connectivity index (χ1) is 23.3. The molecule has 2 N–H and O–H groups in total. The average Bonchev–Trinajstić information content (AvgIpc) is 3.66. The first-order valence-electron chi connectivity index (χ1n) is 17.2. The van der Waals surface area contributed by atoms with Crippen molar-refractivity contribution in [3.63, 3.8) is 0 Å². The average molecular weight is 681 g/mol. The Morgan fingerprint density at radius 1 is 1.04 bits per heavy atom. The van der Waals surface area contributed by atoms with Crippen molar-refractivity contribution in [3.05, 3.63) is 35.4 Å². The molecule has 13 heteroatoms. The van der Waals surface area contributed by atoms with E-state index >= 15 is 4.39 Å². The topological polar surface area (TPSA) is 121 Å². The van der Waals surface area contributed by atoms with Gasteiger partial charge in [0.25, 0.3) is 6.47 Å². The van der Waals surface area contributed by atoms with Crippen LogP contribution >= 0.6 is 11.6 Å². The van der Waals surface area contributed by atoms with Gasteiger partial charge in [0.15, 0.2) is 5.82 Å². The molecule has 3 aromatic heterocycles. The van der Waals surface area contributed by atoms with E-state index in [1.165, 1.54) is 32.1 Å².